The SMILES string of the molecule is CN(Cc1ccccc1F)C(=O)c1ccc(C#CCN)s1. The van der Waals surface area contributed by atoms with Crippen molar-refractivity contribution in [3.8, 4) is 11.8 Å². The molecule has 2 rings (SSSR count). The topological polar surface area (TPSA) is 46.3 Å². The fourth-order valence-electron chi connectivity index (χ4n) is 1.80. The lowest BCUT2D eigenvalue weighted by atomic mass is 10.2. The second-order valence-electron chi connectivity index (χ2n) is 4.42. The Labute approximate surface area is 127 Å². The van der Waals surface area contributed by atoms with Gasteiger partial charge in [0.15, 0.2) is 0 Å². The largest absolute Gasteiger partial charge is 0.337 e. The van der Waals surface area contributed by atoms with Crippen LogP contribution in [0.3, 0.4) is 0 Å². The minimum atomic E-state index is -0.308. The van der Waals surface area contributed by atoms with E-state index in [2.05, 4.69) is 11.8 Å². The molecule has 0 fully saturated rings. The molecule has 1 aromatic heterocycles. The predicted octanol–water partition coefficient (Wildman–Crippen LogP) is 2.47. The molecular formula is C16H15FN2OS. The smallest absolute Gasteiger partial charge is 0.264 e. The summed E-state index contributed by atoms with van der Waals surface area (Å²) in [6.45, 7) is 0.515. The number of halogens is 1. The number of carbonyl (C=O) groups is 1. The van der Waals surface area contributed by atoms with Crippen LogP contribution in [0, 0.1) is 17.7 Å². The average molecular weight is 302 g/mol. The number of thiophene rings is 1. The first-order valence-corrected chi connectivity index (χ1v) is 7.21. The predicted molar refractivity (Wildman–Crippen MR) is 82.4 cm³/mol. The maximum atomic E-state index is 13.6. The second kappa shape index (κ2) is 7.02. The van der Waals surface area contributed by atoms with Gasteiger partial charge in [-0.1, -0.05) is 30.0 Å². The summed E-state index contributed by atoms with van der Waals surface area (Å²) in [7, 11) is 1.65. The number of carbonyl (C=O) groups excluding carboxylic acids is 1. The lowest BCUT2D eigenvalue weighted by Crippen LogP contribution is -2.25. The van der Waals surface area contributed by atoms with Gasteiger partial charge < -0.3 is 10.6 Å². The fourth-order valence-corrected chi connectivity index (χ4v) is 2.68. The highest BCUT2D eigenvalue weighted by atomic mass is 32.1. The van der Waals surface area contributed by atoms with Crippen LogP contribution < -0.4 is 5.73 Å². The van der Waals surface area contributed by atoms with E-state index in [1.54, 1.807) is 37.4 Å². The van der Waals surface area contributed by atoms with Crippen molar-refractivity contribution in [1.82, 2.24) is 4.90 Å². The van der Waals surface area contributed by atoms with Gasteiger partial charge in [0.25, 0.3) is 5.91 Å². The fraction of sp³-hybridized carbons (Fsp3) is 0.188. The highest BCUT2D eigenvalue weighted by Gasteiger charge is 2.15. The second-order valence-corrected chi connectivity index (χ2v) is 5.51. The van der Waals surface area contributed by atoms with Gasteiger partial charge in [-0.25, -0.2) is 4.39 Å². The standard InChI is InChI=1S/C16H15FN2OS/c1-19(11-12-5-2-3-7-14(12)17)16(20)15-9-8-13(21-15)6-4-10-18/h2-3,5,7-9H,10-11,18H2,1H3. The minimum absolute atomic E-state index is 0.149. The highest BCUT2D eigenvalue weighted by Crippen LogP contribution is 2.18. The summed E-state index contributed by atoms with van der Waals surface area (Å²) in [6.07, 6.45) is 0. The van der Waals surface area contributed by atoms with Crippen molar-refractivity contribution in [3.63, 3.8) is 0 Å². The lowest BCUT2D eigenvalue weighted by molar-refractivity contribution is 0.0788. The van der Waals surface area contributed by atoms with Crippen LogP contribution in [-0.2, 0) is 6.54 Å². The Balaban J connectivity index is 2.09. The summed E-state index contributed by atoms with van der Waals surface area (Å²) in [5.74, 6) is 5.18. The summed E-state index contributed by atoms with van der Waals surface area (Å²) >= 11 is 1.31. The maximum Gasteiger partial charge on any atom is 0.264 e. The highest BCUT2D eigenvalue weighted by molar-refractivity contribution is 7.14. The first kappa shape index (κ1) is 15.2. The van der Waals surface area contributed by atoms with Crippen LogP contribution in [0.15, 0.2) is 36.4 Å². The molecule has 0 aliphatic carbocycles. The molecule has 1 heterocycles. The summed E-state index contributed by atoms with van der Waals surface area (Å²) in [4.78, 5) is 15.2. The molecule has 108 valence electrons. The van der Waals surface area contributed by atoms with Crippen molar-refractivity contribution in [2.45, 2.75) is 6.54 Å². The molecule has 0 saturated carbocycles. The molecule has 21 heavy (non-hydrogen) atoms. The molecule has 2 N–H and O–H groups in total. The van der Waals surface area contributed by atoms with Gasteiger partial charge in [0, 0.05) is 19.2 Å². The van der Waals surface area contributed by atoms with Crippen molar-refractivity contribution in [3.05, 3.63) is 57.5 Å². The Hall–Kier alpha value is -2.16. The number of nitrogens with two attached hydrogens (primary N) is 1. The van der Waals surface area contributed by atoms with E-state index >= 15 is 0 Å². The molecule has 1 aromatic carbocycles. The molecule has 0 aliphatic rings. The van der Waals surface area contributed by atoms with Crippen LogP contribution in [0.25, 0.3) is 0 Å². The summed E-state index contributed by atoms with van der Waals surface area (Å²) < 4.78 is 13.6. The van der Waals surface area contributed by atoms with Crippen molar-refractivity contribution in [2.24, 2.45) is 5.73 Å². The molecule has 2 aromatic rings. The summed E-state index contributed by atoms with van der Waals surface area (Å²) in [5.41, 5.74) is 5.81. The number of benzene rings is 1. The average Bonchev–Trinajstić information content (AvgIpc) is 2.95. The van der Waals surface area contributed by atoms with E-state index in [9.17, 15) is 9.18 Å². The van der Waals surface area contributed by atoms with Crippen LogP contribution >= 0.6 is 11.3 Å². The Morgan fingerprint density at radius 3 is 2.81 bits per heavy atom. The quantitative estimate of drug-likeness (QED) is 0.885. The van der Waals surface area contributed by atoms with Crippen LogP contribution in [0.4, 0.5) is 4.39 Å². The van der Waals surface area contributed by atoms with Crippen LogP contribution in [0.1, 0.15) is 20.1 Å². The summed E-state index contributed by atoms with van der Waals surface area (Å²) in [6, 6.07) is 9.96. The van der Waals surface area contributed by atoms with Crippen LogP contribution in [-0.4, -0.2) is 24.4 Å². The summed E-state index contributed by atoms with van der Waals surface area (Å²) in [5, 5.41) is 0. The van der Waals surface area contributed by atoms with Crippen molar-refractivity contribution >= 4 is 17.2 Å². The molecule has 0 saturated heterocycles. The van der Waals surface area contributed by atoms with Gasteiger partial charge in [-0.2, -0.15) is 0 Å². The number of hydrogen-bond donors (Lipinski definition) is 1. The maximum absolute atomic E-state index is 13.6. The van der Waals surface area contributed by atoms with Gasteiger partial charge >= 0.3 is 0 Å². The molecule has 0 bridgehead atoms. The Morgan fingerprint density at radius 2 is 2.10 bits per heavy atom. The van der Waals surface area contributed by atoms with Gasteiger partial charge in [-0.05, 0) is 18.2 Å². The molecule has 5 heteroatoms. The van der Waals surface area contributed by atoms with Crippen molar-refractivity contribution in [1.29, 1.82) is 0 Å². The normalized spacial score (nSPS) is 9.86. The Morgan fingerprint density at radius 1 is 1.33 bits per heavy atom. The molecule has 3 nitrogen and oxygen atoms in total. The molecule has 0 aliphatic heterocycles. The van der Waals surface area contributed by atoms with E-state index in [0.29, 0.717) is 10.4 Å². The minimum Gasteiger partial charge on any atom is -0.337 e. The number of nitrogens with zero attached hydrogens (tertiary/aromatic N) is 1. The third kappa shape index (κ3) is 3.91. The third-order valence-electron chi connectivity index (χ3n) is 2.84. The molecule has 0 atom stereocenters. The van der Waals surface area contributed by atoms with E-state index in [1.807, 2.05) is 0 Å². The van der Waals surface area contributed by atoms with Gasteiger partial charge in [-0.3, -0.25) is 4.79 Å². The van der Waals surface area contributed by atoms with Crippen LogP contribution in [0.5, 0.6) is 0 Å². The number of hydrogen-bond acceptors (Lipinski definition) is 3. The van der Waals surface area contributed by atoms with Crippen molar-refractivity contribution < 1.29 is 9.18 Å². The number of amides is 1. The molecule has 0 radical (unpaired) electrons. The van der Waals surface area contributed by atoms with E-state index in [-0.39, 0.29) is 24.8 Å². The zero-order chi connectivity index (χ0) is 15.2. The molecule has 0 unspecified atom stereocenters. The van der Waals surface area contributed by atoms with Crippen LogP contribution in [0.2, 0.25) is 0 Å². The van der Waals surface area contributed by atoms with E-state index in [4.69, 9.17) is 5.73 Å². The Kier molecular flexibility index (Phi) is 5.09. The van der Waals surface area contributed by atoms with Gasteiger partial charge in [-0.15, -0.1) is 11.3 Å². The number of rotatable bonds is 3. The lowest BCUT2D eigenvalue weighted by Gasteiger charge is -2.16. The molecule has 0 spiro atoms. The molecular weight excluding hydrogens is 287 g/mol. The third-order valence-corrected chi connectivity index (χ3v) is 3.83. The monoisotopic (exact) mass is 302 g/mol. The van der Waals surface area contributed by atoms with E-state index < -0.39 is 0 Å². The zero-order valence-corrected chi connectivity index (χ0v) is 12.4. The molecule has 1 amide bonds. The van der Waals surface area contributed by atoms with E-state index in [0.717, 1.165) is 4.88 Å². The first-order valence-electron chi connectivity index (χ1n) is 6.39. The Bertz CT molecular complexity index is 700. The van der Waals surface area contributed by atoms with Gasteiger partial charge in [0.2, 0.25) is 0 Å². The van der Waals surface area contributed by atoms with E-state index in [1.165, 1.54) is 22.3 Å². The zero-order valence-electron chi connectivity index (χ0n) is 11.6. The first-order chi connectivity index (χ1) is 10.1. The van der Waals surface area contributed by atoms with Gasteiger partial charge in [0.05, 0.1) is 16.3 Å². The van der Waals surface area contributed by atoms with Gasteiger partial charge in [0.1, 0.15) is 5.82 Å². The van der Waals surface area contributed by atoms with Crippen molar-refractivity contribution in [2.75, 3.05) is 13.6 Å².